The Morgan fingerprint density at radius 2 is 0.778 bits per heavy atom. The smallest absolute Gasteiger partial charge is 0.407 e. The van der Waals surface area contributed by atoms with E-state index >= 15 is 0 Å². The third-order valence-corrected chi connectivity index (χ3v) is 5.51. The van der Waals surface area contributed by atoms with Crippen LogP contribution in [0.4, 0.5) is 4.79 Å². The Hall–Kier alpha value is -1.95. The lowest BCUT2D eigenvalue weighted by Crippen LogP contribution is -2.28. The number of amides is 1. The van der Waals surface area contributed by atoms with E-state index in [1.807, 2.05) is 30.3 Å². The highest BCUT2D eigenvalue weighted by Gasteiger charge is 2.02. The fraction of sp³-hybridized carbons (Fsp3) is 0.774. The Kier molecular flexibility index (Phi) is 31.9. The van der Waals surface area contributed by atoms with Crippen molar-refractivity contribution in [1.29, 1.82) is 0 Å². The molecule has 0 fully saturated rings. The highest BCUT2D eigenvalue weighted by molar-refractivity contribution is 5.67. The quantitative estimate of drug-likeness (QED) is 0.107. The summed E-state index contributed by atoms with van der Waals surface area (Å²) < 4.78 is 64.3. The lowest BCUT2D eigenvalue weighted by molar-refractivity contribution is -0.0270. The van der Waals surface area contributed by atoms with Gasteiger partial charge in [0.2, 0.25) is 0 Å². The number of nitrogens with one attached hydrogen (secondary N) is 1. The van der Waals surface area contributed by atoms with E-state index < -0.39 is 6.09 Å². The number of carbonyl (C=O) groups excluding carboxylic acids is 1. The molecule has 1 rings (SSSR count). The zero-order valence-electron chi connectivity index (χ0n) is 27.0. The largest absolute Gasteiger partial charge is 0.445 e. The van der Waals surface area contributed by atoms with E-state index in [0.29, 0.717) is 145 Å². The molecule has 1 amide bonds. The summed E-state index contributed by atoms with van der Waals surface area (Å²) >= 11 is 0. The van der Waals surface area contributed by atoms with E-state index in [1.54, 1.807) is 7.11 Å². The van der Waals surface area contributed by atoms with Crippen LogP contribution in [0.25, 0.3) is 0 Å². The summed E-state index contributed by atoms with van der Waals surface area (Å²) in [6.45, 7) is 11.1. The molecule has 0 aliphatic heterocycles. The van der Waals surface area contributed by atoms with E-state index in [9.17, 15) is 4.79 Å². The van der Waals surface area contributed by atoms with Crippen molar-refractivity contribution in [1.82, 2.24) is 5.32 Å². The summed E-state index contributed by atoms with van der Waals surface area (Å²) in [5.74, 6) is 0. The van der Waals surface area contributed by atoms with Gasteiger partial charge in [0.05, 0.1) is 139 Å². The lowest BCUT2D eigenvalue weighted by atomic mass is 10.2. The molecule has 0 saturated carbocycles. The summed E-state index contributed by atoms with van der Waals surface area (Å²) in [5, 5.41) is 2.64. The maximum Gasteiger partial charge on any atom is 0.407 e. The number of rotatable bonds is 35. The zero-order chi connectivity index (χ0) is 32.1. The van der Waals surface area contributed by atoms with E-state index in [-0.39, 0.29) is 6.61 Å². The van der Waals surface area contributed by atoms with Crippen LogP contribution in [0.5, 0.6) is 0 Å². The Morgan fingerprint density at radius 1 is 0.467 bits per heavy atom. The van der Waals surface area contributed by atoms with E-state index in [0.717, 1.165) is 5.56 Å². The standard InChI is InChI=1S/C31H55NO13/c1-34-9-10-36-13-14-38-17-18-40-21-22-42-25-26-44-28-27-43-24-23-41-20-19-39-16-15-37-12-11-35-8-7-32-31(33)45-29-30-5-3-2-4-6-30/h2-6H,7-29H2,1H3,(H,32,33). The normalized spacial score (nSPS) is 11.2. The van der Waals surface area contributed by atoms with Crippen molar-refractivity contribution in [3.8, 4) is 0 Å². The van der Waals surface area contributed by atoms with Crippen molar-refractivity contribution >= 4 is 6.09 Å². The third-order valence-electron chi connectivity index (χ3n) is 5.51. The van der Waals surface area contributed by atoms with Crippen molar-refractivity contribution in [3.63, 3.8) is 0 Å². The van der Waals surface area contributed by atoms with Crippen LogP contribution in [0.15, 0.2) is 30.3 Å². The Morgan fingerprint density at radius 3 is 1.11 bits per heavy atom. The first-order valence-corrected chi connectivity index (χ1v) is 15.5. The van der Waals surface area contributed by atoms with Gasteiger partial charge in [-0.1, -0.05) is 30.3 Å². The molecular weight excluding hydrogens is 594 g/mol. The highest BCUT2D eigenvalue weighted by Crippen LogP contribution is 2.00. The minimum absolute atomic E-state index is 0.238. The molecule has 0 spiro atoms. The fourth-order valence-electron chi connectivity index (χ4n) is 3.22. The van der Waals surface area contributed by atoms with Crippen molar-refractivity contribution in [2.75, 3.05) is 152 Å². The Labute approximate surface area is 268 Å². The fourth-order valence-corrected chi connectivity index (χ4v) is 3.22. The second-order valence-electron chi connectivity index (χ2n) is 9.11. The number of hydrogen-bond donors (Lipinski definition) is 1. The third kappa shape index (κ3) is 31.8. The molecular formula is C31H55NO13. The first-order chi connectivity index (χ1) is 22.3. The summed E-state index contributed by atoms with van der Waals surface area (Å²) in [6.07, 6.45) is -0.469. The van der Waals surface area contributed by atoms with Crippen LogP contribution in [0.2, 0.25) is 0 Å². The van der Waals surface area contributed by atoms with Gasteiger partial charge in [-0.15, -0.1) is 0 Å². The second-order valence-corrected chi connectivity index (χ2v) is 9.11. The van der Waals surface area contributed by atoms with Gasteiger partial charge in [-0.05, 0) is 5.56 Å². The number of benzene rings is 1. The van der Waals surface area contributed by atoms with Crippen LogP contribution in [-0.4, -0.2) is 158 Å². The molecule has 14 nitrogen and oxygen atoms in total. The van der Waals surface area contributed by atoms with E-state index in [4.69, 9.17) is 56.8 Å². The molecule has 0 aliphatic rings. The van der Waals surface area contributed by atoms with Crippen molar-refractivity contribution in [2.24, 2.45) is 0 Å². The molecule has 1 aromatic carbocycles. The van der Waals surface area contributed by atoms with Crippen LogP contribution >= 0.6 is 0 Å². The molecule has 0 bridgehead atoms. The van der Waals surface area contributed by atoms with Crippen LogP contribution in [0.1, 0.15) is 5.56 Å². The molecule has 0 unspecified atom stereocenters. The molecule has 0 heterocycles. The van der Waals surface area contributed by atoms with Gasteiger partial charge in [0.25, 0.3) is 0 Å². The topological polar surface area (TPSA) is 140 Å². The predicted molar refractivity (Wildman–Crippen MR) is 165 cm³/mol. The zero-order valence-corrected chi connectivity index (χ0v) is 27.0. The monoisotopic (exact) mass is 649 g/mol. The number of alkyl carbamates (subject to hydrolysis) is 1. The molecule has 262 valence electrons. The van der Waals surface area contributed by atoms with Gasteiger partial charge in [-0.2, -0.15) is 0 Å². The van der Waals surface area contributed by atoms with Crippen molar-refractivity contribution < 1.29 is 61.6 Å². The average molecular weight is 650 g/mol. The van der Waals surface area contributed by atoms with Gasteiger partial charge in [-0.3, -0.25) is 0 Å². The molecule has 0 atom stereocenters. The van der Waals surface area contributed by atoms with Gasteiger partial charge < -0.3 is 62.2 Å². The van der Waals surface area contributed by atoms with Crippen LogP contribution in [-0.2, 0) is 63.4 Å². The summed E-state index contributed by atoms with van der Waals surface area (Å²) in [7, 11) is 1.64. The van der Waals surface area contributed by atoms with Gasteiger partial charge >= 0.3 is 6.09 Å². The molecule has 45 heavy (non-hydrogen) atoms. The number of carbonyl (C=O) groups is 1. The lowest BCUT2D eigenvalue weighted by Gasteiger charge is -2.09. The summed E-state index contributed by atoms with van der Waals surface area (Å²) in [5.41, 5.74) is 0.938. The first kappa shape index (κ1) is 41.1. The minimum Gasteiger partial charge on any atom is -0.445 e. The van der Waals surface area contributed by atoms with Crippen LogP contribution in [0.3, 0.4) is 0 Å². The highest BCUT2D eigenvalue weighted by atomic mass is 16.6. The SMILES string of the molecule is COCCOCCOCCOCCOCCOCCOCCOCCOCCOCCOCCNC(=O)OCc1ccccc1. The predicted octanol–water partition coefficient (Wildman–Crippen LogP) is 1.73. The van der Waals surface area contributed by atoms with E-state index in [1.165, 1.54) is 0 Å². The average Bonchev–Trinajstić information content (AvgIpc) is 3.06. The number of ether oxygens (including phenoxy) is 12. The molecule has 0 aromatic heterocycles. The van der Waals surface area contributed by atoms with Gasteiger partial charge in [0.15, 0.2) is 0 Å². The molecule has 14 heteroatoms. The maximum absolute atomic E-state index is 11.6. The number of methoxy groups -OCH3 is 1. The maximum atomic E-state index is 11.6. The minimum atomic E-state index is -0.469. The second kappa shape index (κ2) is 34.9. The molecule has 1 N–H and O–H groups in total. The van der Waals surface area contributed by atoms with E-state index in [2.05, 4.69) is 5.32 Å². The number of hydrogen-bond acceptors (Lipinski definition) is 13. The molecule has 0 aliphatic carbocycles. The van der Waals surface area contributed by atoms with Crippen LogP contribution < -0.4 is 5.32 Å². The van der Waals surface area contributed by atoms with Gasteiger partial charge in [0, 0.05) is 13.7 Å². The first-order valence-electron chi connectivity index (χ1n) is 15.5. The molecule has 1 aromatic rings. The molecule has 0 radical (unpaired) electrons. The van der Waals surface area contributed by atoms with Crippen molar-refractivity contribution in [3.05, 3.63) is 35.9 Å². The summed E-state index contributed by atoms with van der Waals surface area (Å²) in [6, 6.07) is 9.51. The van der Waals surface area contributed by atoms with Gasteiger partial charge in [0.1, 0.15) is 6.61 Å². The Bertz CT molecular complexity index is 733. The molecule has 0 saturated heterocycles. The Balaban J connectivity index is 1.64. The van der Waals surface area contributed by atoms with Crippen LogP contribution in [0, 0.1) is 0 Å². The van der Waals surface area contributed by atoms with Crippen molar-refractivity contribution in [2.45, 2.75) is 6.61 Å². The van der Waals surface area contributed by atoms with Gasteiger partial charge in [-0.25, -0.2) is 4.79 Å². The summed E-state index contributed by atoms with van der Waals surface area (Å²) in [4.78, 5) is 11.6.